The van der Waals surface area contributed by atoms with Crippen molar-refractivity contribution in [1.82, 2.24) is 4.98 Å². The molecular weight excluding hydrogens is 282 g/mol. The lowest BCUT2D eigenvalue weighted by Gasteiger charge is -2.07. The molecule has 2 aromatic rings. The van der Waals surface area contributed by atoms with Crippen LogP contribution in [0.2, 0.25) is 4.47 Å². The average molecular weight is 296 g/mol. The molecule has 2 rings (SSSR count). The Kier molecular flexibility index (Phi) is 4.22. The molecule has 0 spiro atoms. The van der Waals surface area contributed by atoms with Crippen molar-refractivity contribution in [2.75, 3.05) is 0 Å². The van der Waals surface area contributed by atoms with Crippen LogP contribution in [0, 0.1) is 6.92 Å². The summed E-state index contributed by atoms with van der Waals surface area (Å²) in [6.45, 7) is 5.62. The van der Waals surface area contributed by atoms with Gasteiger partial charge in [0, 0.05) is 0 Å². The topological polar surface area (TPSA) is 39.2 Å². The number of carbonyl (C=O) groups excluding carboxylic acids is 1. The molecule has 0 amide bonds. The molecule has 0 saturated carbocycles. The predicted octanol–water partition coefficient (Wildman–Crippen LogP) is 4.34. The molecule has 3 nitrogen and oxygen atoms in total. The van der Waals surface area contributed by atoms with E-state index in [9.17, 15) is 4.79 Å². The average Bonchev–Trinajstić information content (AvgIpc) is 2.71. The van der Waals surface area contributed by atoms with E-state index in [0.717, 1.165) is 16.0 Å². The number of carbonyl (C=O) groups is 1. The summed E-state index contributed by atoms with van der Waals surface area (Å²) in [6.07, 6.45) is -0.182. The minimum atomic E-state index is -0.436. The summed E-state index contributed by atoms with van der Waals surface area (Å²) < 4.78 is 5.52. The fourth-order valence-corrected chi connectivity index (χ4v) is 2.70. The molecule has 0 atom stereocenters. The first-order chi connectivity index (χ1) is 8.97. The largest absolute Gasteiger partial charge is 0.458 e. The van der Waals surface area contributed by atoms with Crippen LogP contribution >= 0.6 is 22.9 Å². The van der Waals surface area contributed by atoms with Crippen molar-refractivity contribution in [2.45, 2.75) is 26.9 Å². The molecule has 0 N–H and O–H groups in total. The summed E-state index contributed by atoms with van der Waals surface area (Å²) in [5.41, 5.74) is 2.36. The fourth-order valence-electron chi connectivity index (χ4n) is 1.60. The molecule has 0 fully saturated rings. The summed E-state index contributed by atoms with van der Waals surface area (Å²) in [5.74, 6) is -0.436. The number of benzene rings is 1. The summed E-state index contributed by atoms with van der Waals surface area (Å²) in [6, 6.07) is 7.87. The first-order valence-electron chi connectivity index (χ1n) is 5.91. The molecule has 0 unspecified atom stereocenters. The number of halogens is 1. The summed E-state index contributed by atoms with van der Waals surface area (Å²) in [7, 11) is 0. The third kappa shape index (κ3) is 3.33. The second kappa shape index (κ2) is 5.72. The lowest BCUT2D eigenvalue weighted by molar-refractivity contribution is 0.0373. The van der Waals surface area contributed by atoms with Crippen molar-refractivity contribution in [2.24, 2.45) is 0 Å². The van der Waals surface area contributed by atoms with Crippen LogP contribution in [0.25, 0.3) is 10.4 Å². The van der Waals surface area contributed by atoms with Crippen LogP contribution in [0.1, 0.15) is 29.9 Å². The van der Waals surface area contributed by atoms with Crippen molar-refractivity contribution in [3.05, 3.63) is 40.0 Å². The lowest BCUT2D eigenvalue weighted by Crippen LogP contribution is -2.12. The predicted molar refractivity (Wildman–Crippen MR) is 77.8 cm³/mol. The Morgan fingerprint density at radius 2 is 1.95 bits per heavy atom. The van der Waals surface area contributed by atoms with Gasteiger partial charge in [-0.25, -0.2) is 9.78 Å². The first kappa shape index (κ1) is 14.0. The molecule has 1 aromatic carbocycles. The maximum absolute atomic E-state index is 12.0. The summed E-state index contributed by atoms with van der Waals surface area (Å²) >= 11 is 7.21. The van der Waals surface area contributed by atoms with Gasteiger partial charge in [-0.3, -0.25) is 0 Å². The Morgan fingerprint density at radius 3 is 2.53 bits per heavy atom. The summed E-state index contributed by atoms with van der Waals surface area (Å²) in [4.78, 5) is 16.8. The van der Waals surface area contributed by atoms with Crippen LogP contribution in [0.4, 0.5) is 0 Å². The third-order valence-corrected chi connectivity index (χ3v) is 3.66. The molecule has 0 aliphatic carbocycles. The van der Waals surface area contributed by atoms with Gasteiger partial charge in [-0.15, -0.1) is 11.3 Å². The molecular formula is C14H14ClNO2S. The van der Waals surface area contributed by atoms with Gasteiger partial charge in [0.2, 0.25) is 0 Å². The molecule has 1 heterocycles. The molecule has 0 aliphatic heterocycles. The summed E-state index contributed by atoms with van der Waals surface area (Å²) in [5, 5.41) is 0. The minimum Gasteiger partial charge on any atom is -0.458 e. The molecule has 0 aliphatic rings. The van der Waals surface area contributed by atoms with Crippen LogP contribution in [0.15, 0.2) is 24.3 Å². The van der Waals surface area contributed by atoms with Crippen LogP contribution < -0.4 is 0 Å². The number of hydrogen-bond acceptors (Lipinski definition) is 4. The number of hydrogen-bond donors (Lipinski definition) is 0. The van der Waals surface area contributed by atoms with E-state index in [1.165, 1.54) is 11.3 Å². The second-order valence-corrected chi connectivity index (χ2v) is 6.05. The highest BCUT2D eigenvalue weighted by atomic mass is 35.5. The number of esters is 1. The Balaban J connectivity index is 2.41. The number of thiazole rings is 1. The van der Waals surface area contributed by atoms with E-state index in [4.69, 9.17) is 16.3 Å². The van der Waals surface area contributed by atoms with E-state index in [2.05, 4.69) is 4.98 Å². The van der Waals surface area contributed by atoms with Gasteiger partial charge in [0.1, 0.15) is 0 Å². The van der Waals surface area contributed by atoms with E-state index >= 15 is 0 Å². The van der Waals surface area contributed by atoms with E-state index in [-0.39, 0.29) is 11.8 Å². The molecule has 19 heavy (non-hydrogen) atoms. The van der Waals surface area contributed by atoms with Gasteiger partial charge in [0.25, 0.3) is 0 Å². The second-order valence-electron chi connectivity index (χ2n) is 4.46. The molecule has 0 radical (unpaired) electrons. The van der Waals surface area contributed by atoms with E-state index in [1.807, 2.05) is 31.2 Å². The number of nitrogens with zero attached hydrogens (tertiary/aromatic N) is 1. The maximum Gasteiger partial charge on any atom is 0.358 e. The molecule has 100 valence electrons. The highest BCUT2D eigenvalue weighted by molar-refractivity contribution is 7.19. The zero-order valence-electron chi connectivity index (χ0n) is 10.9. The first-order valence-corrected chi connectivity index (χ1v) is 7.11. The number of aromatic nitrogens is 1. The number of ether oxygens (including phenoxy) is 1. The van der Waals surface area contributed by atoms with Gasteiger partial charge >= 0.3 is 5.97 Å². The van der Waals surface area contributed by atoms with Gasteiger partial charge in [-0.1, -0.05) is 41.4 Å². The zero-order chi connectivity index (χ0) is 14.0. The monoisotopic (exact) mass is 295 g/mol. The van der Waals surface area contributed by atoms with Crippen LogP contribution in [0.5, 0.6) is 0 Å². The Hall–Kier alpha value is -1.39. The minimum absolute atomic E-state index is 0.182. The van der Waals surface area contributed by atoms with Gasteiger partial charge in [-0.2, -0.15) is 0 Å². The Morgan fingerprint density at radius 1 is 1.32 bits per heavy atom. The molecule has 1 aromatic heterocycles. The van der Waals surface area contributed by atoms with Crippen LogP contribution in [0.3, 0.4) is 0 Å². The van der Waals surface area contributed by atoms with E-state index in [0.29, 0.717) is 4.47 Å². The van der Waals surface area contributed by atoms with Crippen molar-refractivity contribution in [3.63, 3.8) is 0 Å². The zero-order valence-corrected chi connectivity index (χ0v) is 12.5. The van der Waals surface area contributed by atoms with E-state index < -0.39 is 5.97 Å². The smallest absolute Gasteiger partial charge is 0.358 e. The Labute approximate surface area is 121 Å². The molecule has 5 heteroatoms. The normalized spacial score (nSPS) is 10.8. The highest BCUT2D eigenvalue weighted by Gasteiger charge is 2.21. The van der Waals surface area contributed by atoms with Crippen molar-refractivity contribution in [3.8, 4) is 10.4 Å². The van der Waals surface area contributed by atoms with Crippen molar-refractivity contribution in [1.29, 1.82) is 0 Å². The third-order valence-electron chi connectivity index (χ3n) is 2.45. The van der Waals surface area contributed by atoms with Gasteiger partial charge in [0.15, 0.2) is 10.2 Å². The highest BCUT2D eigenvalue weighted by Crippen LogP contribution is 2.33. The number of rotatable bonds is 3. The molecule has 0 bridgehead atoms. The lowest BCUT2D eigenvalue weighted by atomic mass is 10.1. The van der Waals surface area contributed by atoms with Crippen LogP contribution in [-0.4, -0.2) is 17.1 Å². The standard InChI is InChI=1S/C14H14ClNO2S/c1-8(2)18-13(17)11-12(19-14(15)16-11)10-6-4-9(3)5-7-10/h4-8H,1-3H3. The Bertz CT molecular complexity index is 590. The van der Waals surface area contributed by atoms with Gasteiger partial charge < -0.3 is 4.74 Å². The van der Waals surface area contributed by atoms with Gasteiger partial charge in [-0.05, 0) is 26.3 Å². The quantitative estimate of drug-likeness (QED) is 0.791. The fraction of sp³-hybridized carbons (Fsp3) is 0.286. The maximum atomic E-state index is 12.0. The van der Waals surface area contributed by atoms with E-state index in [1.54, 1.807) is 13.8 Å². The van der Waals surface area contributed by atoms with Crippen molar-refractivity contribution < 1.29 is 9.53 Å². The molecule has 0 saturated heterocycles. The van der Waals surface area contributed by atoms with Gasteiger partial charge in [0.05, 0.1) is 11.0 Å². The number of aryl methyl sites for hydroxylation is 1. The SMILES string of the molecule is Cc1ccc(-c2sc(Cl)nc2C(=O)OC(C)C)cc1. The van der Waals surface area contributed by atoms with Crippen molar-refractivity contribution >= 4 is 28.9 Å². The van der Waals surface area contributed by atoms with Crippen LogP contribution in [-0.2, 0) is 4.74 Å².